The highest BCUT2D eigenvalue weighted by Crippen LogP contribution is 2.21. The Morgan fingerprint density at radius 3 is 2.67 bits per heavy atom. The van der Waals surface area contributed by atoms with Crippen LogP contribution in [0.1, 0.15) is 29.2 Å². The quantitative estimate of drug-likeness (QED) is 0.744. The second-order valence-electron chi connectivity index (χ2n) is 5.78. The third-order valence-electron chi connectivity index (χ3n) is 4.28. The molecule has 1 aromatic heterocycles. The zero-order valence-electron chi connectivity index (χ0n) is 13.2. The van der Waals surface area contributed by atoms with Crippen LogP contribution in [0.25, 0.3) is 0 Å². The maximum absolute atomic E-state index is 12.3. The lowest BCUT2D eigenvalue weighted by molar-refractivity contribution is -0.131. The first-order valence-corrected chi connectivity index (χ1v) is 9.01. The van der Waals surface area contributed by atoms with E-state index in [1.165, 1.54) is 0 Å². The molecule has 24 heavy (non-hydrogen) atoms. The third-order valence-corrected chi connectivity index (χ3v) is 5.22. The van der Waals surface area contributed by atoms with E-state index in [2.05, 4.69) is 37.5 Å². The SMILES string of the molecule is O=C(NCC(=O)N1CCC(n2ccnc2)CC1)c1ccccc1I. The Morgan fingerprint density at radius 1 is 1.25 bits per heavy atom. The smallest absolute Gasteiger partial charge is 0.252 e. The lowest BCUT2D eigenvalue weighted by Crippen LogP contribution is -2.44. The molecule has 1 aliphatic rings. The number of nitrogens with one attached hydrogen (secondary N) is 1. The van der Waals surface area contributed by atoms with Crippen molar-refractivity contribution in [1.29, 1.82) is 0 Å². The fourth-order valence-electron chi connectivity index (χ4n) is 2.91. The van der Waals surface area contributed by atoms with Gasteiger partial charge in [0.15, 0.2) is 0 Å². The van der Waals surface area contributed by atoms with Crippen molar-refractivity contribution in [3.63, 3.8) is 0 Å². The van der Waals surface area contributed by atoms with E-state index < -0.39 is 0 Å². The van der Waals surface area contributed by atoms with Crippen LogP contribution >= 0.6 is 22.6 Å². The molecular weight excluding hydrogens is 419 g/mol. The van der Waals surface area contributed by atoms with E-state index >= 15 is 0 Å². The molecule has 7 heteroatoms. The van der Waals surface area contributed by atoms with Crippen LogP contribution in [0.3, 0.4) is 0 Å². The number of carbonyl (C=O) groups is 2. The zero-order chi connectivity index (χ0) is 16.9. The fraction of sp³-hybridized carbons (Fsp3) is 0.353. The molecule has 0 unspecified atom stereocenters. The Balaban J connectivity index is 1.48. The monoisotopic (exact) mass is 438 g/mol. The maximum Gasteiger partial charge on any atom is 0.252 e. The number of aromatic nitrogens is 2. The van der Waals surface area contributed by atoms with Gasteiger partial charge in [-0.2, -0.15) is 0 Å². The highest BCUT2D eigenvalue weighted by Gasteiger charge is 2.23. The number of likely N-dealkylation sites (tertiary alicyclic amines) is 1. The summed E-state index contributed by atoms with van der Waals surface area (Å²) in [6.07, 6.45) is 7.38. The van der Waals surface area contributed by atoms with E-state index in [0.29, 0.717) is 24.7 Å². The van der Waals surface area contributed by atoms with Crippen molar-refractivity contribution >= 4 is 34.4 Å². The normalized spacial score (nSPS) is 15.3. The molecule has 0 saturated carbocycles. The minimum absolute atomic E-state index is 0.0293. The molecule has 0 atom stereocenters. The van der Waals surface area contributed by atoms with Crippen molar-refractivity contribution in [3.8, 4) is 0 Å². The number of piperidine rings is 1. The van der Waals surface area contributed by atoms with Gasteiger partial charge in [-0.15, -0.1) is 0 Å². The summed E-state index contributed by atoms with van der Waals surface area (Å²) >= 11 is 2.12. The van der Waals surface area contributed by atoms with Crippen LogP contribution in [-0.4, -0.2) is 45.9 Å². The van der Waals surface area contributed by atoms with Gasteiger partial charge >= 0.3 is 0 Å². The van der Waals surface area contributed by atoms with E-state index in [0.717, 1.165) is 16.4 Å². The Bertz CT molecular complexity index is 709. The number of imidazole rings is 1. The lowest BCUT2D eigenvalue weighted by Gasteiger charge is -2.32. The largest absolute Gasteiger partial charge is 0.343 e. The minimum Gasteiger partial charge on any atom is -0.343 e. The summed E-state index contributed by atoms with van der Waals surface area (Å²) in [5, 5.41) is 2.73. The van der Waals surface area contributed by atoms with E-state index in [1.54, 1.807) is 12.3 Å². The second-order valence-corrected chi connectivity index (χ2v) is 6.95. The highest BCUT2D eigenvalue weighted by molar-refractivity contribution is 14.1. The molecule has 2 amide bonds. The van der Waals surface area contributed by atoms with Crippen molar-refractivity contribution in [1.82, 2.24) is 19.8 Å². The van der Waals surface area contributed by atoms with E-state index in [1.807, 2.05) is 35.6 Å². The Morgan fingerprint density at radius 2 is 2.00 bits per heavy atom. The topological polar surface area (TPSA) is 67.2 Å². The number of halogens is 1. The summed E-state index contributed by atoms with van der Waals surface area (Å²) in [6, 6.07) is 7.74. The van der Waals surface area contributed by atoms with Gasteiger partial charge in [-0.05, 0) is 47.6 Å². The summed E-state index contributed by atoms with van der Waals surface area (Å²) in [4.78, 5) is 30.4. The molecular formula is C17H19IN4O2. The minimum atomic E-state index is -0.207. The Kier molecular flexibility index (Phi) is 5.49. The fourth-order valence-corrected chi connectivity index (χ4v) is 3.54. The van der Waals surface area contributed by atoms with Gasteiger partial charge in [0.05, 0.1) is 18.4 Å². The number of benzene rings is 1. The third kappa shape index (κ3) is 3.95. The van der Waals surface area contributed by atoms with Crippen LogP contribution < -0.4 is 5.32 Å². The average Bonchev–Trinajstić information content (AvgIpc) is 3.14. The zero-order valence-corrected chi connectivity index (χ0v) is 15.3. The molecule has 2 heterocycles. The van der Waals surface area contributed by atoms with Crippen LogP contribution in [0, 0.1) is 3.57 Å². The summed E-state index contributed by atoms with van der Waals surface area (Å²) < 4.78 is 2.97. The summed E-state index contributed by atoms with van der Waals surface area (Å²) in [7, 11) is 0. The maximum atomic E-state index is 12.3. The summed E-state index contributed by atoms with van der Waals surface area (Å²) in [5.41, 5.74) is 0.602. The van der Waals surface area contributed by atoms with Gasteiger partial charge in [-0.25, -0.2) is 4.98 Å². The van der Waals surface area contributed by atoms with Crippen molar-refractivity contribution in [3.05, 3.63) is 52.1 Å². The van der Waals surface area contributed by atoms with Gasteiger partial charge in [0.25, 0.3) is 5.91 Å². The van der Waals surface area contributed by atoms with Gasteiger partial charge in [0.1, 0.15) is 0 Å². The molecule has 0 bridgehead atoms. The van der Waals surface area contributed by atoms with E-state index in [4.69, 9.17) is 0 Å². The molecule has 1 N–H and O–H groups in total. The predicted molar refractivity (Wildman–Crippen MR) is 98.6 cm³/mol. The van der Waals surface area contributed by atoms with Gasteiger partial charge in [0, 0.05) is 35.1 Å². The van der Waals surface area contributed by atoms with Gasteiger partial charge < -0.3 is 14.8 Å². The molecule has 1 aliphatic heterocycles. The average molecular weight is 438 g/mol. The number of hydrogen-bond donors (Lipinski definition) is 1. The second kappa shape index (κ2) is 7.78. The van der Waals surface area contributed by atoms with Crippen LogP contribution in [0.2, 0.25) is 0 Å². The summed E-state index contributed by atoms with van der Waals surface area (Å²) in [5.74, 6) is -0.236. The number of amides is 2. The highest BCUT2D eigenvalue weighted by atomic mass is 127. The van der Waals surface area contributed by atoms with E-state index in [-0.39, 0.29) is 18.4 Å². The molecule has 0 spiro atoms. The molecule has 1 saturated heterocycles. The molecule has 1 fully saturated rings. The molecule has 2 aromatic rings. The molecule has 6 nitrogen and oxygen atoms in total. The molecule has 3 rings (SSSR count). The van der Waals surface area contributed by atoms with Crippen molar-refractivity contribution in [2.45, 2.75) is 18.9 Å². The van der Waals surface area contributed by atoms with Crippen LogP contribution in [0.5, 0.6) is 0 Å². The van der Waals surface area contributed by atoms with Crippen LogP contribution in [0.15, 0.2) is 43.0 Å². The van der Waals surface area contributed by atoms with Crippen molar-refractivity contribution in [2.24, 2.45) is 0 Å². The summed E-state index contributed by atoms with van der Waals surface area (Å²) in [6.45, 7) is 1.46. The first kappa shape index (κ1) is 16.9. The molecule has 0 radical (unpaired) electrons. The number of nitrogens with zero attached hydrogens (tertiary/aromatic N) is 3. The van der Waals surface area contributed by atoms with Crippen molar-refractivity contribution < 1.29 is 9.59 Å². The van der Waals surface area contributed by atoms with Gasteiger partial charge in [-0.3, -0.25) is 9.59 Å². The van der Waals surface area contributed by atoms with Crippen LogP contribution in [-0.2, 0) is 4.79 Å². The van der Waals surface area contributed by atoms with E-state index in [9.17, 15) is 9.59 Å². The Hall–Kier alpha value is -1.90. The molecule has 0 aliphatic carbocycles. The standard InChI is InChI=1S/C17H19IN4O2/c18-15-4-2-1-3-14(15)17(24)20-11-16(23)21-8-5-13(6-9-21)22-10-7-19-12-22/h1-4,7,10,12-13H,5-6,8-9,11H2,(H,20,24). The van der Waals surface area contributed by atoms with Gasteiger partial charge in [0.2, 0.25) is 5.91 Å². The first-order chi connectivity index (χ1) is 11.6. The molecule has 1 aromatic carbocycles. The Labute approximate surface area is 154 Å². The van der Waals surface area contributed by atoms with Crippen molar-refractivity contribution in [2.75, 3.05) is 19.6 Å². The predicted octanol–water partition coefficient (Wildman–Crippen LogP) is 2.08. The van der Waals surface area contributed by atoms with Crippen LogP contribution in [0.4, 0.5) is 0 Å². The molecule has 126 valence electrons. The lowest BCUT2D eigenvalue weighted by atomic mass is 10.0. The number of rotatable bonds is 4. The number of carbonyl (C=O) groups excluding carboxylic acids is 2. The first-order valence-electron chi connectivity index (χ1n) is 7.93. The number of hydrogen-bond acceptors (Lipinski definition) is 3. The van der Waals surface area contributed by atoms with Gasteiger partial charge in [-0.1, -0.05) is 12.1 Å².